The molecule has 31 heavy (non-hydrogen) atoms. The normalized spacial score (nSPS) is 28.9. The molecule has 4 fully saturated rings. The van der Waals surface area contributed by atoms with Gasteiger partial charge in [0.2, 0.25) is 0 Å². The average molecular weight is 425 g/mol. The molecule has 0 radical (unpaired) electrons. The zero-order chi connectivity index (χ0) is 21.8. The molecule has 1 amide bonds. The lowest BCUT2D eigenvalue weighted by molar-refractivity contribution is -0.154. The van der Waals surface area contributed by atoms with Gasteiger partial charge in [-0.3, -0.25) is 18.8 Å². The number of carboxylic acids is 2. The largest absolute Gasteiger partial charge is 0.481 e. The molecule has 0 saturated heterocycles. The molecular formula is C23H27N3O5. The molecule has 3 N–H and O–H groups in total. The van der Waals surface area contributed by atoms with Gasteiger partial charge in [0.05, 0.1) is 5.69 Å². The lowest BCUT2D eigenvalue weighted by Gasteiger charge is -2.56. The van der Waals surface area contributed by atoms with Crippen LogP contribution in [0.2, 0.25) is 0 Å². The monoisotopic (exact) mass is 425 g/mol. The Morgan fingerprint density at radius 3 is 2.26 bits per heavy atom. The second-order valence-electron chi connectivity index (χ2n) is 9.90. The topological polar surface area (TPSA) is 121 Å². The predicted molar refractivity (Wildman–Crippen MR) is 111 cm³/mol. The Hall–Kier alpha value is -2.90. The molecule has 2 heterocycles. The van der Waals surface area contributed by atoms with Gasteiger partial charge in [-0.2, -0.15) is 0 Å². The summed E-state index contributed by atoms with van der Waals surface area (Å²) in [4.78, 5) is 39.8. The molecule has 0 spiro atoms. The van der Waals surface area contributed by atoms with Crippen LogP contribution in [0.5, 0.6) is 0 Å². The fourth-order valence-electron chi connectivity index (χ4n) is 6.70. The fourth-order valence-corrected chi connectivity index (χ4v) is 6.70. The van der Waals surface area contributed by atoms with Crippen LogP contribution in [0.1, 0.15) is 54.7 Å². The van der Waals surface area contributed by atoms with Crippen molar-refractivity contribution in [2.45, 2.75) is 44.9 Å². The first-order chi connectivity index (χ1) is 14.8. The number of carbonyl (C=O) groups excluding carboxylic acids is 1. The average Bonchev–Trinajstić information content (AvgIpc) is 3.11. The summed E-state index contributed by atoms with van der Waals surface area (Å²) >= 11 is 0. The fraction of sp³-hybridized carbons (Fsp3) is 0.565. The lowest BCUT2D eigenvalue weighted by Crippen LogP contribution is -2.51. The molecule has 0 unspecified atom stereocenters. The van der Waals surface area contributed by atoms with E-state index >= 15 is 0 Å². The smallest absolute Gasteiger partial charge is 0.318 e. The van der Waals surface area contributed by atoms with Crippen LogP contribution in [-0.2, 0) is 16.0 Å². The van der Waals surface area contributed by atoms with E-state index in [0.29, 0.717) is 23.6 Å². The number of nitrogens with one attached hydrogen (secondary N) is 1. The minimum absolute atomic E-state index is 0.182. The van der Waals surface area contributed by atoms with Crippen LogP contribution in [0.25, 0.3) is 5.65 Å². The first-order valence-electron chi connectivity index (χ1n) is 11.0. The molecule has 8 nitrogen and oxygen atoms in total. The summed E-state index contributed by atoms with van der Waals surface area (Å²) < 4.78 is 1.62. The third kappa shape index (κ3) is 3.68. The SMILES string of the molecule is O=C(NCC12CC3CC(CC(C3)C1)C2)c1cccc2nc(CC(C(=O)O)C(=O)O)cn12. The van der Waals surface area contributed by atoms with Crippen molar-refractivity contribution >= 4 is 23.5 Å². The first-order valence-corrected chi connectivity index (χ1v) is 11.0. The number of imidazole rings is 1. The van der Waals surface area contributed by atoms with Crippen molar-refractivity contribution in [3.05, 3.63) is 35.8 Å². The quantitative estimate of drug-likeness (QED) is 0.587. The minimum Gasteiger partial charge on any atom is -0.481 e. The van der Waals surface area contributed by atoms with Crippen LogP contribution in [0.15, 0.2) is 24.4 Å². The zero-order valence-electron chi connectivity index (χ0n) is 17.3. The van der Waals surface area contributed by atoms with Gasteiger partial charge in [-0.15, -0.1) is 0 Å². The number of hydrogen-bond donors (Lipinski definition) is 3. The zero-order valence-corrected chi connectivity index (χ0v) is 17.3. The third-order valence-electron chi connectivity index (χ3n) is 7.57. The maximum Gasteiger partial charge on any atom is 0.318 e. The summed E-state index contributed by atoms with van der Waals surface area (Å²) in [6.45, 7) is 0.688. The second-order valence-corrected chi connectivity index (χ2v) is 9.90. The molecule has 2 aromatic rings. The first kappa shape index (κ1) is 20.0. The van der Waals surface area contributed by atoms with Gasteiger partial charge in [-0.1, -0.05) is 6.07 Å². The van der Waals surface area contributed by atoms with Crippen molar-refractivity contribution in [1.29, 1.82) is 0 Å². The van der Waals surface area contributed by atoms with Crippen molar-refractivity contribution in [3.63, 3.8) is 0 Å². The number of fused-ring (bicyclic) bond motifs is 1. The Morgan fingerprint density at radius 1 is 1.06 bits per heavy atom. The number of carboxylic acid groups (broad SMARTS) is 2. The van der Waals surface area contributed by atoms with E-state index in [1.807, 2.05) is 0 Å². The maximum absolute atomic E-state index is 13.1. The molecule has 0 aliphatic heterocycles. The highest BCUT2D eigenvalue weighted by Gasteiger charge is 2.50. The second kappa shape index (κ2) is 7.35. The van der Waals surface area contributed by atoms with Crippen molar-refractivity contribution in [2.75, 3.05) is 6.54 Å². The van der Waals surface area contributed by atoms with Crippen LogP contribution in [-0.4, -0.2) is 44.0 Å². The van der Waals surface area contributed by atoms with Gasteiger partial charge in [0, 0.05) is 19.2 Å². The molecule has 4 bridgehead atoms. The highest BCUT2D eigenvalue weighted by Crippen LogP contribution is 2.59. The number of rotatable bonds is 7. The highest BCUT2D eigenvalue weighted by atomic mass is 16.4. The van der Waals surface area contributed by atoms with Gasteiger partial charge < -0.3 is 15.5 Å². The van der Waals surface area contributed by atoms with Crippen molar-refractivity contribution < 1.29 is 24.6 Å². The van der Waals surface area contributed by atoms with E-state index < -0.39 is 17.9 Å². The summed E-state index contributed by atoms with van der Waals surface area (Å²) in [5.41, 5.74) is 1.47. The molecular weight excluding hydrogens is 398 g/mol. The number of aliphatic carboxylic acids is 2. The van der Waals surface area contributed by atoms with E-state index in [4.69, 9.17) is 10.2 Å². The van der Waals surface area contributed by atoms with E-state index in [1.165, 1.54) is 38.5 Å². The van der Waals surface area contributed by atoms with Crippen molar-refractivity contribution in [1.82, 2.24) is 14.7 Å². The molecule has 0 aromatic carbocycles. The van der Waals surface area contributed by atoms with Crippen molar-refractivity contribution in [2.24, 2.45) is 29.1 Å². The Balaban J connectivity index is 1.33. The van der Waals surface area contributed by atoms with Crippen LogP contribution in [0.3, 0.4) is 0 Å². The van der Waals surface area contributed by atoms with Gasteiger partial charge >= 0.3 is 11.9 Å². The Bertz CT molecular complexity index is 1010. The van der Waals surface area contributed by atoms with E-state index in [-0.39, 0.29) is 17.7 Å². The van der Waals surface area contributed by atoms with E-state index in [1.54, 1.807) is 28.8 Å². The molecule has 2 aromatic heterocycles. The molecule has 164 valence electrons. The Kier molecular flexibility index (Phi) is 4.75. The third-order valence-corrected chi connectivity index (χ3v) is 7.57. The van der Waals surface area contributed by atoms with Crippen LogP contribution >= 0.6 is 0 Å². The van der Waals surface area contributed by atoms with Gasteiger partial charge in [0.25, 0.3) is 5.91 Å². The van der Waals surface area contributed by atoms with Gasteiger partial charge in [0.1, 0.15) is 11.3 Å². The molecule has 8 heteroatoms. The lowest BCUT2D eigenvalue weighted by atomic mass is 9.49. The molecule has 4 aliphatic carbocycles. The molecule has 6 rings (SSSR count). The number of aromatic nitrogens is 2. The standard InChI is InChI=1S/C23H27N3O5/c27-20(24-12-23-8-13-4-14(9-23)6-15(5-13)10-23)18-2-1-3-19-25-16(11-26(18)19)7-17(21(28)29)22(30)31/h1-3,11,13-15,17H,4-10,12H2,(H,24,27)(H,28,29)(H,30,31). The van der Waals surface area contributed by atoms with Gasteiger partial charge in [0.15, 0.2) is 5.92 Å². The number of carbonyl (C=O) groups is 3. The number of hydrogen-bond acceptors (Lipinski definition) is 4. The van der Waals surface area contributed by atoms with E-state index in [0.717, 1.165) is 17.8 Å². The van der Waals surface area contributed by atoms with E-state index in [2.05, 4.69) is 10.3 Å². The van der Waals surface area contributed by atoms with Crippen LogP contribution in [0.4, 0.5) is 0 Å². The highest BCUT2D eigenvalue weighted by molar-refractivity contribution is 5.94. The van der Waals surface area contributed by atoms with E-state index in [9.17, 15) is 14.4 Å². The summed E-state index contributed by atoms with van der Waals surface area (Å²) in [5.74, 6) is -2.11. The van der Waals surface area contributed by atoms with Crippen molar-refractivity contribution in [3.8, 4) is 0 Å². The van der Waals surface area contributed by atoms with Crippen LogP contribution < -0.4 is 5.32 Å². The van der Waals surface area contributed by atoms with Gasteiger partial charge in [-0.05, 0) is 73.8 Å². The Morgan fingerprint density at radius 2 is 1.68 bits per heavy atom. The number of nitrogens with zero attached hydrogens (tertiary/aromatic N) is 2. The number of amides is 1. The molecule has 4 saturated carbocycles. The summed E-state index contributed by atoms with van der Waals surface area (Å²) in [7, 11) is 0. The summed E-state index contributed by atoms with van der Waals surface area (Å²) in [6.07, 6.45) is 9.04. The molecule has 4 aliphatic rings. The summed E-state index contributed by atoms with van der Waals surface area (Å²) in [5, 5.41) is 21.4. The minimum atomic E-state index is -1.57. The summed E-state index contributed by atoms with van der Waals surface area (Å²) in [6, 6.07) is 5.16. The molecule has 0 atom stereocenters. The predicted octanol–water partition coefficient (Wildman–Crippen LogP) is 2.61. The Labute approximate surface area is 179 Å². The maximum atomic E-state index is 13.1. The number of pyridine rings is 1. The van der Waals surface area contributed by atoms with Gasteiger partial charge in [-0.25, -0.2) is 4.98 Å². The van der Waals surface area contributed by atoms with Crippen LogP contribution in [0, 0.1) is 29.1 Å².